The third-order valence-corrected chi connectivity index (χ3v) is 2.77. The second kappa shape index (κ2) is 6.24. The predicted molar refractivity (Wildman–Crippen MR) is 64.7 cm³/mol. The maximum Gasteiger partial charge on any atom is 0.313 e. The molecular formula is C11H12FNO3S. The molecule has 0 radical (unpaired) electrons. The largest absolute Gasteiger partial charge is 0.481 e. The first kappa shape index (κ1) is 13.5. The number of rotatable bonds is 5. The van der Waals surface area contributed by atoms with Gasteiger partial charge in [0.05, 0.1) is 17.2 Å². The zero-order valence-corrected chi connectivity index (χ0v) is 10.0. The molecule has 1 aromatic rings. The summed E-state index contributed by atoms with van der Waals surface area (Å²) in [5, 5.41) is 10.8. The molecule has 92 valence electrons. The Morgan fingerprint density at radius 2 is 2.12 bits per heavy atom. The summed E-state index contributed by atoms with van der Waals surface area (Å²) in [6.07, 6.45) is 0. The molecule has 1 aromatic carbocycles. The fraction of sp³-hybridized carbons (Fsp3) is 0.273. The molecule has 6 heteroatoms. The molecule has 0 aliphatic heterocycles. The number of carbonyl (C=O) groups is 2. The first-order valence-corrected chi connectivity index (χ1v) is 6.00. The number of anilines is 1. The SMILES string of the molecule is Cc1ccc(NC(=O)CSCC(=O)O)c(F)c1. The summed E-state index contributed by atoms with van der Waals surface area (Å²) >= 11 is 0.964. The van der Waals surface area contributed by atoms with Crippen LogP contribution < -0.4 is 5.32 Å². The van der Waals surface area contributed by atoms with E-state index < -0.39 is 17.7 Å². The first-order chi connectivity index (χ1) is 7.99. The summed E-state index contributed by atoms with van der Waals surface area (Å²) in [6.45, 7) is 1.75. The fourth-order valence-corrected chi connectivity index (χ4v) is 1.67. The van der Waals surface area contributed by atoms with E-state index in [4.69, 9.17) is 5.11 Å². The summed E-state index contributed by atoms with van der Waals surface area (Å²) < 4.78 is 13.3. The van der Waals surface area contributed by atoms with Crippen molar-refractivity contribution >= 4 is 29.3 Å². The zero-order valence-electron chi connectivity index (χ0n) is 9.20. The number of thioether (sulfide) groups is 1. The van der Waals surface area contributed by atoms with Gasteiger partial charge in [-0.15, -0.1) is 11.8 Å². The van der Waals surface area contributed by atoms with E-state index in [1.807, 2.05) is 0 Å². The number of halogens is 1. The highest BCUT2D eigenvalue weighted by Gasteiger charge is 2.08. The van der Waals surface area contributed by atoms with Crippen LogP contribution in [-0.4, -0.2) is 28.5 Å². The Bertz CT molecular complexity index is 437. The summed E-state index contributed by atoms with van der Waals surface area (Å²) in [7, 11) is 0. The second-order valence-electron chi connectivity index (χ2n) is 3.42. The Balaban J connectivity index is 2.48. The van der Waals surface area contributed by atoms with Crippen LogP contribution in [0.5, 0.6) is 0 Å². The lowest BCUT2D eigenvalue weighted by Gasteiger charge is -2.06. The number of hydrogen-bond acceptors (Lipinski definition) is 3. The van der Waals surface area contributed by atoms with Crippen molar-refractivity contribution in [3.63, 3.8) is 0 Å². The third kappa shape index (κ3) is 4.86. The summed E-state index contributed by atoms with van der Waals surface area (Å²) in [5.41, 5.74) is 0.872. The molecule has 0 bridgehead atoms. The molecule has 0 unspecified atom stereocenters. The van der Waals surface area contributed by atoms with Crippen molar-refractivity contribution in [2.75, 3.05) is 16.8 Å². The number of benzene rings is 1. The van der Waals surface area contributed by atoms with Gasteiger partial charge in [-0.1, -0.05) is 6.07 Å². The van der Waals surface area contributed by atoms with Crippen LogP contribution in [0.25, 0.3) is 0 Å². The van der Waals surface area contributed by atoms with Gasteiger partial charge in [0.2, 0.25) is 5.91 Å². The van der Waals surface area contributed by atoms with Gasteiger partial charge in [0.25, 0.3) is 0 Å². The van der Waals surface area contributed by atoms with E-state index >= 15 is 0 Å². The lowest BCUT2D eigenvalue weighted by Crippen LogP contribution is -2.16. The van der Waals surface area contributed by atoms with Crippen molar-refractivity contribution in [2.24, 2.45) is 0 Å². The number of aliphatic carboxylic acids is 1. The van der Waals surface area contributed by atoms with Gasteiger partial charge in [0.1, 0.15) is 5.82 Å². The summed E-state index contributed by atoms with van der Waals surface area (Å²) in [4.78, 5) is 21.6. The van der Waals surface area contributed by atoms with E-state index in [1.54, 1.807) is 13.0 Å². The van der Waals surface area contributed by atoms with Crippen LogP contribution in [0.1, 0.15) is 5.56 Å². The number of aryl methyl sites for hydroxylation is 1. The number of amides is 1. The molecule has 1 rings (SSSR count). The topological polar surface area (TPSA) is 66.4 Å². The minimum atomic E-state index is -0.982. The van der Waals surface area contributed by atoms with Gasteiger partial charge in [0.15, 0.2) is 0 Å². The average Bonchev–Trinajstić information content (AvgIpc) is 2.21. The molecule has 0 spiro atoms. The van der Waals surface area contributed by atoms with E-state index in [1.165, 1.54) is 12.1 Å². The summed E-state index contributed by atoms with van der Waals surface area (Å²) in [6, 6.07) is 4.48. The second-order valence-corrected chi connectivity index (χ2v) is 4.40. The van der Waals surface area contributed by atoms with Gasteiger partial charge in [-0.2, -0.15) is 0 Å². The standard InChI is InChI=1S/C11H12FNO3S/c1-7-2-3-9(8(12)4-7)13-10(14)5-17-6-11(15)16/h2-4H,5-6H2,1H3,(H,13,14)(H,15,16). The molecule has 0 saturated carbocycles. The molecule has 0 saturated heterocycles. The van der Waals surface area contributed by atoms with Crippen molar-refractivity contribution in [1.29, 1.82) is 0 Å². The Morgan fingerprint density at radius 3 is 2.71 bits per heavy atom. The van der Waals surface area contributed by atoms with Crippen molar-refractivity contribution in [1.82, 2.24) is 0 Å². The van der Waals surface area contributed by atoms with Crippen LogP contribution in [0, 0.1) is 12.7 Å². The van der Waals surface area contributed by atoms with E-state index in [0.717, 1.165) is 17.3 Å². The highest BCUT2D eigenvalue weighted by molar-refractivity contribution is 8.00. The van der Waals surface area contributed by atoms with Gasteiger partial charge >= 0.3 is 5.97 Å². The fourth-order valence-electron chi connectivity index (χ4n) is 1.14. The molecule has 0 atom stereocenters. The van der Waals surface area contributed by atoms with Gasteiger partial charge in [-0.25, -0.2) is 4.39 Å². The predicted octanol–water partition coefficient (Wildman–Crippen LogP) is 1.89. The lowest BCUT2D eigenvalue weighted by atomic mass is 10.2. The molecule has 0 fully saturated rings. The van der Waals surface area contributed by atoms with E-state index in [2.05, 4.69) is 5.32 Å². The Morgan fingerprint density at radius 1 is 1.41 bits per heavy atom. The molecule has 0 aromatic heterocycles. The zero-order chi connectivity index (χ0) is 12.8. The maximum atomic E-state index is 13.3. The van der Waals surface area contributed by atoms with Crippen molar-refractivity contribution in [2.45, 2.75) is 6.92 Å². The van der Waals surface area contributed by atoms with Gasteiger partial charge < -0.3 is 10.4 Å². The average molecular weight is 257 g/mol. The van der Waals surface area contributed by atoms with Crippen molar-refractivity contribution in [3.05, 3.63) is 29.6 Å². The van der Waals surface area contributed by atoms with Crippen molar-refractivity contribution < 1.29 is 19.1 Å². The number of hydrogen-bond donors (Lipinski definition) is 2. The lowest BCUT2D eigenvalue weighted by molar-refractivity contribution is -0.133. The van der Waals surface area contributed by atoms with Gasteiger partial charge in [0, 0.05) is 0 Å². The maximum absolute atomic E-state index is 13.3. The highest BCUT2D eigenvalue weighted by atomic mass is 32.2. The van der Waals surface area contributed by atoms with Crippen LogP contribution in [0.15, 0.2) is 18.2 Å². The molecule has 0 aliphatic rings. The van der Waals surface area contributed by atoms with E-state index in [-0.39, 0.29) is 17.2 Å². The van der Waals surface area contributed by atoms with E-state index in [9.17, 15) is 14.0 Å². The van der Waals surface area contributed by atoms with E-state index in [0.29, 0.717) is 0 Å². The minimum absolute atomic E-state index is 0.0143. The van der Waals surface area contributed by atoms with Crippen LogP contribution in [0.3, 0.4) is 0 Å². The van der Waals surface area contributed by atoms with Crippen LogP contribution >= 0.6 is 11.8 Å². The number of carboxylic acid groups (broad SMARTS) is 1. The number of carbonyl (C=O) groups excluding carboxylic acids is 1. The van der Waals surface area contributed by atoms with Crippen molar-refractivity contribution in [3.8, 4) is 0 Å². The monoisotopic (exact) mass is 257 g/mol. The molecular weight excluding hydrogens is 245 g/mol. The number of nitrogens with one attached hydrogen (secondary N) is 1. The Kier molecular flexibility index (Phi) is 4.96. The van der Waals surface area contributed by atoms with Gasteiger partial charge in [-0.05, 0) is 24.6 Å². The molecule has 0 aliphatic carbocycles. The third-order valence-electron chi connectivity index (χ3n) is 1.86. The molecule has 4 nitrogen and oxygen atoms in total. The molecule has 17 heavy (non-hydrogen) atoms. The normalized spacial score (nSPS) is 10.0. The molecule has 0 heterocycles. The van der Waals surface area contributed by atoms with Crippen LogP contribution in [0.2, 0.25) is 0 Å². The van der Waals surface area contributed by atoms with Crippen LogP contribution in [0.4, 0.5) is 10.1 Å². The molecule has 1 amide bonds. The smallest absolute Gasteiger partial charge is 0.313 e. The Hall–Kier alpha value is -1.56. The first-order valence-electron chi connectivity index (χ1n) is 4.84. The van der Waals surface area contributed by atoms with Crippen LogP contribution in [-0.2, 0) is 9.59 Å². The minimum Gasteiger partial charge on any atom is -0.481 e. The highest BCUT2D eigenvalue weighted by Crippen LogP contribution is 2.15. The molecule has 2 N–H and O–H groups in total. The summed E-state index contributed by atoms with van der Waals surface area (Å²) in [5.74, 6) is -2.06. The quantitative estimate of drug-likeness (QED) is 0.845. The number of carboxylic acids is 1. The Labute approximate surface area is 102 Å². The van der Waals surface area contributed by atoms with Gasteiger partial charge in [-0.3, -0.25) is 9.59 Å².